The maximum absolute atomic E-state index is 12.4. The lowest BCUT2D eigenvalue weighted by atomic mass is 9.65. The Morgan fingerprint density at radius 3 is 2.31 bits per heavy atom. The van der Waals surface area contributed by atoms with E-state index in [-0.39, 0.29) is 31.8 Å². The van der Waals surface area contributed by atoms with Crippen LogP contribution in [0.4, 0.5) is 0 Å². The predicted octanol–water partition coefficient (Wildman–Crippen LogP) is 5.50. The predicted molar refractivity (Wildman–Crippen MR) is 154 cm³/mol. The van der Waals surface area contributed by atoms with Gasteiger partial charge in [0.05, 0.1) is 39.2 Å². The van der Waals surface area contributed by atoms with E-state index in [0.29, 0.717) is 47.2 Å². The molecule has 11 nitrogen and oxygen atoms in total. The summed E-state index contributed by atoms with van der Waals surface area (Å²) in [6.45, 7) is 5.33. The first-order valence-corrected chi connectivity index (χ1v) is 14.1. The van der Waals surface area contributed by atoms with Gasteiger partial charge < -0.3 is 28.4 Å². The van der Waals surface area contributed by atoms with E-state index in [1.165, 1.54) is 28.3 Å². The first kappa shape index (κ1) is 32.3. The Morgan fingerprint density at radius 2 is 1.76 bits per heavy atom. The minimum atomic E-state index is -1.29. The maximum atomic E-state index is 12.4. The van der Waals surface area contributed by atoms with Gasteiger partial charge in [0.1, 0.15) is 12.7 Å². The van der Waals surface area contributed by atoms with Gasteiger partial charge in [0.15, 0.2) is 29.1 Å². The van der Waals surface area contributed by atoms with Crippen molar-refractivity contribution < 1.29 is 38.1 Å². The minimum Gasteiger partial charge on any atom is -0.493 e. The van der Waals surface area contributed by atoms with E-state index in [0.717, 1.165) is 0 Å². The summed E-state index contributed by atoms with van der Waals surface area (Å²) in [4.78, 5) is 24.1. The second-order valence-corrected chi connectivity index (χ2v) is 10.3. The molecule has 0 bridgehead atoms. The molecule has 0 saturated carbocycles. The van der Waals surface area contributed by atoms with Crippen LogP contribution in [0.25, 0.3) is 0 Å². The van der Waals surface area contributed by atoms with Gasteiger partial charge in [0.2, 0.25) is 5.75 Å². The van der Waals surface area contributed by atoms with Gasteiger partial charge in [0.25, 0.3) is 6.04 Å². The zero-order valence-electron chi connectivity index (χ0n) is 25.1. The van der Waals surface area contributed by atoms with Crippen molar-refractivity contribution in [3.63, 3.8) is 0 Å². The second kappa shape index (κ2) is 14.6. The molecule has 228 valence electrons. The standard InChI is InChI=1S/C31H40N2O9/c1-7-21(8-2)31(19-32,23-13-14-28(37-4)30(39-6)29(23)38-5)16-15-25(41-20(3)34)24(33(35)36)17-22-18-40-26-11-9-10-12-27(26)42-22/h9-14,21-22,24-25H,7-8,15-18H2,1-6H3. The number of carbonyl (C=O) groups is 1. The summed E-state index contributed by atoms with van der Waals surface area (Å²) in [5.74, 6) is 1.41. The normalized spacial score (nSPS) is 16.9. The fourth-order valence-corrected chi connectivity index (χ4v) is 5.94. The molecule has 1 heterocycles. The van der Waals surface area contributed by atoms with Crippen LogP contribution in [0.3, 0.4) is 0 Å². The maximum Gasteiger partial charge on any atom is 0.303 e. The molecule has 2 aromatic carbocycles. The number of nitriles is 1. The Bertz CT molecular complexity index is 1270. The van der Waals surface area contributed by atoms with Crippen LogP contribution in [0, 0.1) is 27.4 Å². The van der Waals surface area contributed by atoms with Crippen molar-refractivity contribution in [3.05, 3.63) is 52.1 Å². The highest BCUT2D eigenvalue weighted by molar-refractivity contribution is 5.66. The third-order valence-corrected chi connectivity index (χ3v) is 7.98. The fraction of sp³-hybridized carbons (Fsp3) is 0.548. The van der Waals surface area contributed by atoms with Crippen molar-refractivity contribution in [2.45, 2.75) is 76.5 Å². The van der Waals surface area contributed by atoms with Crippen molar-refractivity contribution in [2.24, 2.45) is 5.92 Å². The number of ether oxygens (including phenoxy) is 6. The number of methoxy groups -OCH3 is 3. The molecule has 1 aliphatic rings. The molecule has 4 unspecified atom stereocenters. The summed E-state index contributed by atoms with van der Waals surface area (Å²) in [6.07, 6.45) is -0.267. The first-order valence-electron chi connectivity index (χ1n) is 14.1. The SMILES string of the molecule is CCC(CC)C(C#N)(CCC(OC(C)=O)C(CC1COc2ccccc2O1)[N+](=O)[O-])c1ccc(OC)c(OC)c1OC. The van der Waals surface area contributed by atoms with E-state index in [1.54, 1.807) is 30.3 Å². The molecule has 0 N–H and O–H groups in total. The number of nitrogens with zero attached hydrogens (tertiary/aromatic N) is 2. The third-order valence-electron chi connectivity index (χ3n) is 7.98. The van der Waals surface area contributed by atoms with Gasteiger partial charge in [0, 0.05) is 17.4 Å². The minimum absolute atomic E-state index is 0.0521. The quantitative estimate of drug-likeness (QED) is 0.150. The van der Waals surface area contributed by atoms with Crippen molar-refractivity contribution in [1.29, 1.82) is 5.26 Å². The number of hydrogen-bond acceptors (Lipinski definition) is 10. The van der Waals surface area contributed by atoms with Crippen LogP contribution in [-0.2, 0) is 14.9 Å². The average molecular weight is 585 g/mol. The average Bonchev–Trinajstić information content (AvgIpc) is 3.00. The highest BCUT2D eigenvalue weighted by Crippen LogP contribution is 2.50. The van der Waals surface area contributed by atoms with Crippen LogP contribution in [0.1, 0.15) is 58.4 Å². The Hall–Kier alpha value is -4.20. The first-order chi connectivity index (χ1) is 20.2. The topological polar surface area (TPSA) is 139 Å². The van der Waals surface area contributed by atoms with Gasteiger partial charge in [-0.25, -0.2) is 0 Å². The molecule has 0 aromatic heterocycles. The fourth-order valence-electron chi connectivity index (χ4n) is 5.94. The molecule has 0 aliphatic carbocycles. The highest BCUT2D eigenvalue weighted by Gasteiger charge is 2.46. The van der Waals surface area contributed by atoms with E-state index in [9.17, 15) is 20.2 Å². The van der Waals surface area contributed by atoms with Crippen LogP contribution >= 0.6 is 0 Å². The molecule has 0 fully saturated rings. The van der Waals surface area contributed by atoms with Crippen molar-refractivity contribution >= 4 is 5.97 Å². The van der Waals surface area contributed by atoms with Gasteiger partial charge in [-0.15, -0.1) is 0 Å². The lowest BCUT2D eigenvalue weighted by Crippen LogP contribution is -2.44. The molecule has 1 aliphatic heterocycles. The van der Waals surface area contributed by atoms with E-state index < -0.39 is 34.6 Å². The number of para-hydroxylation sites is 2. The van der Waals surface area contributed by atoms with Crippen molar-refractivity contribution in [1.82, 2.24) is 0 Å². The Kier molecular flexibility index (Phi) is 11.2. The lowest BCUT2D eigenvalue weighted by molar-refractivity contribution is -0.536. The lowest BCUT2D eigenvalue weighted by Gasteiger charge is -2.37. The zero-order chi connectivity index (χ0) is 30.9. The van der Waals surface area contributed by atoms with Crippen LogP contribution in [-0.4, -0.2) is 57.1 Å². The molecule has 0 amide bonds. The van der Waals surface area contributed by atoms with Crippen LogP contribution in [0.5, 0.6) is 28.7 Å². The molecule has 0 radical (unpaired) electrons. The Balaban J connectivity index is 2.00. The number of benzene rings is 2. The summed E-state index contributed by atoms with van der Waals surface area (Å²) in [6, 6.07) is 11.8. The Morgan fingerprint density at radius 1 is 1.10 bits per heavy atom. The molecule has 42 heavy (non-hydrogen) atoms. The van der Waals surface area contributed by atoms with Gasteiger partial charge in [-0.3, -0.25) is 14.9 Å². The van der Waals surface area contributed by atoms with Crippen LogP contribution in [0.2, 0.25) is 0 Å². The summed E-state index contributed by atoms with van der Waals surface area (Å²) in [7, 11) is 4.49. The Labute approximate surface area is 246 Å². The summed E-state index contributed by atoms with van der Waals surface area (Å²) >= 11 is 0. The van der Waals surface area contributed by atoms with E-state index in [2.05, 4.69) is 6.07 Å². The molecule has 0 spiro atoms. The van der Waals surface area contributed by atoms with Crippen LogP contribution in [0.15, 0.2) is 36.4 Å². The third kappa shape index (κ3) is 6.81. The number of carbonyl (C=O) groups excluding carboxylic acids is 1. The molecule has 3 rings (SSSR count). The monoisotopic (exact) mass is 584 g/mol. The van der Waals surface area contributed by atoms with Gasteiger partial charge in [-0.1, -0.05) is 38.8 Å². The summed E-state index contributed by atoms with van der Waals surface area (Å²) in [5.41, 5.74) is -0.559. The summed E-state index contributed by atoms with van der Waals surface area (Å²) < 4.78 is 34.1. The molecule has 4 atom stereocenters. The molecular formula is C31H40N2O9. The van der Waals surface area contributed by atoms with E-state index >= 15 is 0 Å². The van der Waals surface area contributed by atoms with Crippen molar-refractivity contribution in [2.75, 3.05) is 27.9 Å². The van der Waals surface area contributed by atoms with Gasteiger partial charge in [-0.2, -0.15) is 5.26 Å². The van der Waals surface area contributed by atoms with E-state index in [4.69, 9.17) is 28.4 Å². The molecular weight excluding hydrogens is 544 g/mol. The molecule has 11 heteroatoms. The number of hydrogen-bond donors (Lipinski definition) is 0. The molecule has 0 saturated heterocycles. The number of rotatable bonds is 15. The van der Waals surface area contributed by atoms with E-state index in [1.807, 2.05) is 19.9 Å². The van der Waals surface area contributed by atoms with Gasteiger partial charge >= 0.3 is 5.97 Å². The van der Waals surface area contributed by atoms with Gasteiger partial charge in [-0.05, 0) is 43.0 Å². The summed E-state index contributed by atoms with van der Waals surface area (Å²) in [5, 5.41) is 23.2. The second-order valence-electron chi connectivity index (χ2n) is 10.3. The number of fused-ring (bicyclic) bond motifs is 1. The molecule has 2 aromatic rings. The number of esters is 1. The van der Waals surface area contributed by atoms with Crippen molar-refractivity contribution in [3.8, 4) is 34.8 Å². The number of nitro groups is 1. The largest absolute Gasteiger partial charge is 0.493 e. The zero-order valence-corrected chi connectivity index (χ0v) is 25.1. The highest BCUT2D eigenvalue weighted by atomic mass is 16.6. The van der Waals surface area contributed by atoms with Crippen LogP contribution < -0.4 is 23.7 Å². The smallest absolute Gasteiger partial charge is 0.303 e.